The lowest BCUT2D eigenvalue weighted by Gasteiger charge is -2.04. The summed E-state index contributed by atoms with van der Waals surface area (Å²) in [7, 11) is 0. The number of hydrogen-bond donors (Lipinski definition) is 1. The molecule has 1 aliphatic rings. The molecule has 3 rings (SSSR count). The second kappa shape index (κ2) is 3.18. The fourth-order valence-corrected chi connectivity index (χ4v) is 5.33. The molecule has 2 aromatic rings. The number of fused-ring (bicyclic) bond motifs is 1. The molecule has 1 fully saturated rings. The van der Waals surface area contributed by atoms with Crippen molar-refractivity contribution in [1.82, 2.24) is 0 Å². The van der Waals surface area contributed by atoms with Gasteiger partial charge in [0.15, 0.2) is 0 Å². The first-order chi connectivity index (χ1) is 7.12. The minimum Gasteiger partial charge on any atom is -0.481 e. The van der Waals surface area contributed by atoms with Gasteiger partial charge in [0.2, 0.25) is 0 Å². The molecule has 0 atom stereocenters. The van der Waals surface area contributed by atoms with Crippen LogP contribution in [0.2, 0.25) is 0 Å². The van der Waals surface area contributed by atoms with Gasteiger partial charge in [-0.3, -0.25) is 4.79 Å². The molecule has 1 N–H and O–H groups in total. The number of carboxylic acids is 1. The van der Waals surface area contributed by atoms with Gasteiger partial charge in [0.05, 0.1) is 2.88 Å². The van der Waals surface area contributed by atoms with Crippen LogP contribution < -0.4 is 0 Å². The molecule has 1 aliphatic carbocycles. The van der Waals surface area contributed by atoms with Crippen molar-refractivity contribution in [3.05, 3.63) is 19.9 Å². The van der Waals surface area contributed by atoms with Gasteiger partial charge < -0.3 is 5.11 Å². The molecule has 2 heterocycles. The summed E-state index contributed by atoms with van der Waals surface area (Å²) in [6.07, 6.45) is 1.60. The second-order valence-corrected chi connectivity index (χ2v) is 7.84. The van der Waals surface area contributed by atoms with E-state index in [1.54, 1.807) is 22.7 Å². The van der Waals surface area contributed by atoms with E-state index in [9.17, 15) is 9.90 Å². The zero-order valence-corrected chi connectivity index (χ0v) is 11.4. The summed E-state index contributed by atoms with van der Waals surface area (Å²) in [4.78, 5) is 12.2. The summed E-state index contributed by atoms with van der Waals surface area (Å²) < 4.78 is 3.72. The second-order valence-electron chi connectivity index (χ2n) is 3.78. The number of aliphatic carboxylic acids is 1. The smallest absolute Gasteiger partial charge is 0.314 e. The largest absolute Gasteiger partial charge is 0.481 e. The molecule has 0 amide bonds. The van der Waals surface area contributed by atoms with E-state index in [0.29, 0.717) is 0 Å². The van der Waals surface area contributed by atoms with E-state index in [0.717, 1.165) is 17.7 Å². The highest BCUT2D eigenvalue weighted by molar-refractivity contribution is 14.1. The van der Waals surface area contributed by atoms with Crippen LogP contribution in [0.3, 0.4) is 0 Å². The molecule has 2 nitrogen and oxygen atoms in total. The molecule has 2 aromatic heterocycles. The Morgan fingerprint density at radius 3 is 2.53 bits per heavy atom. The normalized spacial score (nSPS) is 18.2. The van der Waals surface area contributed by atoms with E-state index in [-0.39, 0.29) is 0 Å². The van der Waals surface area contributed by atoms with Gasteiger partial charge in [0, 0.05) is 14.3 Å². The van der Waals surface area contributed by atoms with Gasteiger partial charge in [-0.15, -0.1) is 22.7 Å². The fraction of sp³-hybridized carbons (Fsp3) is 0.300. The van der Waals surface area contributed by atoms with E-state index in [4.69, 9.17) is 0 Å². The Labute approximate surface area is 108 Å². The summed E-state index contributed by atoms with van der Waals surface area (Å²) in [5, 5.41) is 9.18. The van der Waals surface area contributed by atoms with Crippen molar-refractivity contribution in [3.8, 4) is 0 Å². The van der Waals surface area contributed by atoms with Crippen LogP contribution in [-0.2, 0) is 10.2 Å². The summed E-state index contributed by atoms with van der Waals surface area (Å²) in [6.45, 7) is 0. The van der Waals surface area contributed by atoms with E-state index >= 15 is 0 Å². The molecule has 5 heteroatoms. The van der Waals surface area contributed by atoms with Gasteiger partial charge >= 0.3 is 5.97 Å². The molecule has 0 saturated heterocycles. The lowest BCUT2D eigenvalue weighted by Crippen LogP contribution is -2.17. The van der Waals surface area contributed by atoms with Crippen molar-refractivity contribution < 1.29 is 9.90 Å². The number of rotatable bonds is 2. The van der Waals surface area contributed by atoms with Crippen molar-refractivity contribution in [2.45, 2.75) is 18.3 Å². The number of halogens is 1. The Hall–Kier alpha value is -0.140. The molecule has 1 saturated carbocycles. The van der Waals surface area contributed by atoms with Crippen LogP contribution in [0.4, 0.5) is 0 Å². The molecule has 15 heavy (non-hydrogen) atoms. The van der Waals surface area contributed by atoms with Gasteiger partial charge in [-0.05, 0) is 47.6 Å². The van der Waals surface area contributed by atoms with Crippen LogP contribution in [0.15, 0.2) is 12.1 Å². The van der Waals surface area contributed by atoms with Crippen LogP contribution in [0.25, 0.3) is 9.40 Å². The summed E-state index contributed by atoms with van der Waals surface area (Å²) in [6, 6.07) is 4.20. The zero-order valence-electron chi connectivity index (χ0n) is 7.62. The van der Waals surface area contributed by atoms with E-state index in [1.165, 1.54) is 12.3 Å². The monoisotopic (exact) mass is 350 g/mol. The van der Waals surface area contributed by atoms with Gasteiger partial charge in [-0.2, -0.15) is 0 Å². The molecule has 0 aliphatic heterocycles. The third kappa shape index (κ3) is 1.43. The van der Waals surface area contributed by atoms with Crippen LogP contribution >= 0.6 is 45.3 Å². The number of hydrogen-bond acceptors (Lipinski definition) is 3. The van der Waals surface area contributed by atoms with Crippen LogP contribution in [0.5, 0.6) is 0 Å². The standard InChI is InChI=1S/C10H7IO2S2/c11-8-4-6-5(15-8)3-7(14-6)10(1-2-10)9(12)13/h3-4H,1-2H2,(H,12,13). The number of carbonyl (C=O) groups is 1. The SMILES string of the molecule is O=C(O)C1(c2cc3sc(I)cc3s2)CC1. The molecule has 0 bridgehead atoms. The lowest BCUT2D eigenvalue weighted by molar-refractivity contribution is -0.139. The lowest BCUT2D eigenvalue weighted by atomic mass is 10.1. The first-order valence-corrected chi connectivity index (χ1v) is 7.26. The first-order valence-electron chi connectivity index (χ1n) is 4.55. The minimum absolute atomic E-state index is 0.533. The fourth-order valence-electron chi connectivity index (χ4n) is 1.73. The highest BCUT2D eigenvalue weighted by atomic mass is 127. The minimum atomic E-state index is -0.661. The third-order valence-electron chi connectivity index (χ3n) is 2.81. The highest BCUT2D eigenvalue weighted by Gasteiger charge is 2.52. The predicted molar refractivity (Wildman–Crippen MR) is 71.0 cm³/mol. The molecule has 78 valence electrons. The Morgan fingerprint density at radius 2 is 2.00 bits per heavy atom. The van der Waals surface area contributed by atoms with Gasteiger partial charge in [-0.1, -0.05) is 0 Å². The van der Waals surface area contributed by atoms with Crippen molar-refractivity contribution in [2.24, 2.45) is 0 Å². The van der Waals surface area contributed by atoms with Crippen LogP contribution in [-0.4, -0.2) is 11.1 Å². The molecule has 0 unspecified atom stereocenters. The number of carboxylic acid groups (broad SMARTS) is 1. The third-order valence-corrected chi connectivity index (χ3v) is 6.07. The first kappa shape index (κ1) is 10.0. The van der Waals surface area contributed by atoms with Gasteiger partial charge in [0.25, 0.3) is 0 Å². The molecular formula is C10H7IO2S2. The Balaban J connectivity index is 2.12. The Bertz CT molecular complexity index is 519. The van der Waals surface area contributed by atoms with Crippen molar-refractivity contribution in [1.29, 1.82) is 0 Å². The average Bonchev–Trinajstić information content (AvgIpc) is 2.77. The van der Waals surface area contributed by atoms with Crippen molar-refractivity contribution in [2.75, 3.05) is 0 Å². The van der Waals surface area contributed by atoms with Crippen molar-refractivity contribution in [3.63, 3.8) is 0 Å². The summed E-state index contributed by atoms with van der Waals surface area (Å²) in [5.74, 6) is -0.661. The zero-order chi connectivity index (χ0) is 10.6. The maximum absolute atomic E-state index is 11.2. The molecule has 0 aromatic carbocycles. The topological polar surface area (TPSA) is 37.3 Å². The van der Waals surface area contributed by atoms with Gasteiger partial charge in [0.1, 0.15) is 5.41 Å². The summed E-state index contributed by atoms with van der Waals surface area (Å²) >= 11 is 5.67. The van der Waals surface area contributed by atoms with E-state index < -0.39 is 11.4 Å². The van der Waals surface area contributed by atoms with Crippen LogP contribution in [0, 0.1) is 2.88 Å². The van der Waals surface area contributed by atoms with E-state index in [2.05, 4.69) is 34.7 Å². The molecule has 0 radical (unpaired) electrons. The van der Waals surface area contributed by atoms with Gasteiger partial charge in [-0.25, -0.2) is 0 Å². The Morgan fingerprint density at radius 1 is 1.33 bits per heavy atom. The highest BCUT2D eigenvalue weighted by Crippen LogP contribution is 2.52. The summed E-state index contributed by atoms with van der Waals surface area (Å²) in [5.41, 5.74) is -0.533. The van der Waals surface area contributed by atoms with Crippen molar-refractivity contribution >= 4 is 60.6 Å². The molecule has 0 spiro atoms. The van der Waals surface area contributed by atoms with Crippen LogP contribution in [0.1, 0.15) is 17.7 Å². The maximum Gasteiger partial charge on any atom is 0.314 e. The predicted octanol–water partition coefficient (Wildman–Crippen LogP) is 3.68. The average molecular weight is 350 g/mol. The molecular weight excluding hydrogens is 343 g/mol. The Kier molecular flexibility index (Phi) is 2.13. The maximum atomic E-state index is 11.2. The number of thiophene rings is 2. The quantitative estimate of drug-likeness (QED) is 0.839. The van der Waals surface area contributed by atoms with E-state index in [1.807, 2.05) is 0 Å².